The lowest BCUT2D eigenvalue weighted by Gasteiger charge is -2.08. The molecule has 21 heavy (non-hydrogen) atoms. The zero-order chi connectivity index (χ0) is 15.8. The average molecular weight is 321 g/mol. The molecule has 114 valence electrons. The molecule has 2 N–H and O–H groups in total. The number of aromatic nitrogens is 2. The standard InChI is InChI=1S/C11H10F3N3O3S/c1-21(18,19)5-9-16-10(20-17-9)7-4-6(11(12,13)14)2-3-8(7)15/h2-4H,5,15H2,1H3. The minimum absolute atomic E-state index is 0.0116. The molecule has 1 aromatic carbocycles. The minimum Gasteiger partial charge on any atom is -0.398 e. The quantitative estimate of drug-likeness (QED) is 0.867. The molecule has 2 rings (SSSR count). The smallest absolute Gasteiger partial charge is 0.398 e. The van der Waals surface area contributed by atoms with Crippen molar-refractivity contribution in [3.8, 4) is 11.5 Å². The molecule has 0 aliphatic heterocycles. The highest BCUT2D eigenvalue weighted by Gasteiger charge is 2.31. The van der Waals surface area contributed by atoms with E-state index in [1.165, 1.54) is 0 Å². The summed E-state index contributed by atoms with van der Waals surface area (Å²) in [5, 5.41) is 3.41. The molecule has 0 aliphatic carbocycles. The fourth-order valence-electron chi connectivity index (χ4n) is 1.57. The number of nitrogen functional groups attached to an aromatic ring is 1. The molecular weight excluding hydrogens is 311 g/mol. The molecule has 1 heterocycles. The maximum atomic E-state index is 12.7. The van der Waals surface area contributed by atoms with Gasteiger partial charge in [-0.15, -0.1) is 0 Å². The Morgan fingerprint density at radius 1 is 1.33 bits per heavy atom. The van der Waals surface area contributed by atoms with Gasteiger partial charge in [0.1, 0.15) is 5.75 Å². The number of halogens is 3. The zero-order valence-electron chi connectivity index (χ0n) is 10.7. The normalized spacial score (nSPS) is 12.6. The Labute approximate surface area is 117 Å². The summed E-state index contributed by atoms with van der Waals surface area (Å²) >= 11 is 0. The molecule has 0 unspecified atom stereocenters. The Hall–Kier alpha value is -2.10. The number of hydrogen-bond acceptors (Lipinski definition) is 6. The van der Waals surface area contributed by atoms with E-state index >= 15 is 0 Å². The predicted molar refractivity (Wildman–Crippen MR) is 67.7 cm³/mol. The molecule has 6 nitrogen and oxygen atoms in total. The van der Waals surface area contributed by atoms with Crippen LogP contribution >= 0.6 is 0 Å². The van der Waals surface area contributed by atoms with Crippen LogP contribution in [0.4, 0.5) is 18.9 Å². The number of alkyl halides is 3. The van der Waals surface area contributed by atoms with Crippen molar-refractivity contribution in [1.29, 1.82) is 0 Å². The maximum absolute atomic E-state index is 12.7. The highest BCUT2D eigenvalue weighted by atomic mass is 32.2. The predicted octanol–water partition coefficient (Wildman–Crippen LogP) is 1.88. The summed E-state index contributed by atoms with van der Waals surface area (Å²) < 4.78 is 64.9. The Bertz CT molecular complexity index is 769. The van der Waals surface area contributed by atoms with E-state index in [1.54, 1.807) is 0 Å². The molecule has 0 saturated heterocycles. The Kier molecular flexibility index (Phi) is 3.66. The topological polar surface area (TPSA) is 99.1 Å². The third kappa shape index (κ3) is 3.72. The van der Waals surface area contributed by atoms with Crippen molar-refractivity contribution in [3.63, 3.8) is 0 Å². The largest absolute Gasteiger partial charge is 0.416 e. The number of nitrogens with two attached hydrogens (primary N) is 1. The average Bonchev–Trinajstić information content (AvgIpc) is 2.73. The van der Waals surface area contributed by atoms with Gasteiger partial charge >= 0.3 is 6.18 Å². The van der Waals surface area contributed by atoms with Gasteiger partial charge in [0.2, 0.25) is 0 Å². The van der Waals surface area contributed by atoms with Crippen molar-refractivity contribution < 1.29 is 26.1 Å². The van der Waals surface area contributed by atoms with E-state index < -0.39 is 27.3 Å². The first-order valence-corrected chi connectivity index (χ1v) is 7.60. The van der Waals surface area contributed by atoms with Gasteiger partial charge in [0.05, 0.1) is 11.1 Å². The summed E-state index contributed by atoms with van der Waals surface area (Å²) in [6, 6.07) is 2.66. The lowest BCUT2D eigenvalue weighted by molar-refractivity contribution is -0.137. The van der Waals surface area contributed by atoms with Crippen LogP contribution in [-0.4, -0.2) is 24.8 Å². The first-order chi connectivity index (χ1) is 9.56. The molecule has 0 atom stereocenters. The Morgan fingerprint density at radius 3 is 2.57 bits per heavy atom. The van der Waals surface area contributed by atoms with Gasteiger partial charge in [-0.3, -0.25) is 0 Å². The van der Waals surface area contributed by atoms with Gasteiger partial charge in [-0.2, -0.15) is 18.2 Å². The molecule has 0 radical (unpaired) electrons. The second kappa shape index (κ2) is 5.02. The second-order valence-electron chi connectivity index (χ2n) is 4.39. The summed E-state index contributed by atoms with van der Waals surface area (Å²) in [5.74, 6) is -0.892. The monoisotopic (exact) mass is 321 g/mol. The first kappa shape index (κ1) is 15.3. The summed E-state index contributed by atoms with van der Waals surface area (Å²) in [6.07, 6.45) is -3.57. The molecule has 0 bridgehead atoms. The number of anilines is 1. The van der Waals surface area contributed by atoms with Crippen LogP contribution in [0.15, 0.2) is 22.7 Å². The lowest BCUT2D eigenvalue weighted by atomic mass is 10.1. The van der Waals surface area contributed by atoms with Crippen LogP contribution in [0.2, 0.25) is 0 Å². The van der Waals surface area contributed by atoms with E-state index in [-0.39, 0.29) is 23.0 Å². The number of hydrogen-bond donors (Lipinski definition) is 1. The third-order valence-electron chi connectivity index (χ3n) is 2.47. The fourth-order valence-corrected chi connectivity index (χ4v) is 2.16. The third-order valence-corrected chi connectivity index (χ3v) is 3.25. The van der Waals surface area contributed by atoms with Crippen LogP contribution in [0.1, 0.15) is 11.4 Å². The van der Waals surface area contributed by atoms with Gasteiger partial charge in [-0.25, -0.2) is 8.42 Å². The summed E-state index contributed by atoms with van der Waals surface area (Å²) in [6.45, 7) is 0. The van der Waals surface area contributed by atoms with Crippen molar-refractivity contribution in [2.75, 3.05) is 12.0 Å². The molecule has 0 amide bonds. The first-order valence-electron chi connectivity index (χ1n) is 5.53. The van der Waals surface area contributed by atoms with Crippen LogP contribution in [-0.2, 0) is 21.8 Å². The molecule has 0 saturated carbocycles. The van der Waals surface area contributed by atoms with Crippen LogP contribution in [0.5, 0.6) is 0 Å². The highest BCUT2D eigenvalue weighted by Crippen LogP contribution is 2.34. The second-order valence-corrected chi connectivity index (χ2v) is 6.53. The van der Waals surface area contributed by atoms with Crippen molar-refractivity contribution in [1.82, 2.24) is 10.1 Å². The highest BCUT2D eigenvalue weighted by molar-refractivity contribution is 7.89. The zero-order valence-corrected chi connectivity index (χ0v) is 11.5. The molecular formula is C11H10F3N3O3S. The molecule has 0 fully saturated rings. The van der Waals surface area contributed by atoms with E-state index in [0.29, 0.717) is 0 Å². The number of rotatable bonds is 3. The van der Waals surface area contributed by atoms with Crippen molar-refractivity contribution >= 4 is 15.5 Å². The molecule has 2 aromatic rings. The summed E-state index contributed by atoms with van der Waals surface area (Å²) in [4.78, 5) is 3.75. The van der Waals surface area contributed by atoms with Crippen LogP contribution < -0.4 is 5.73 Å². The maximum Gasteiger partial charge on any atom is 0.416 e. The number of nitrogens with zero attached hydrogens (tertiary/aromatic N) is 2. The Balaban J connectivity index is 2.43. The van der Waals surface area contributed by atoms with E-state index in [0.717, 1.165) is 24.5 Å². The van der Waals surface area contributed by atoms with Crippen molar-refractivity contribution in [3.05, 3.63) is 29.6 Å². The van der Waals surface area contributed by atoms with Gasteiger partial charge in [0, 0.05) is 11.9 Å². The van der Waals surface area contributed by atoms with Gasteiger partial charge in [-0.1, -0.05) is 5.16 Å². The SMILES string of the molecule is CS(=O)(=O)Cc1noc(-c2cc(C(F)(F)F)ccc2N)n1. The van der Waals surface area contributed by atoms with Crippen molar-refractivity contribution in [2.45, 2.75) is 11.9 Å². The Morgan fingerprint density at radius 2 is 2.00 bits per heavy atom. The number of sulfone groups is 1. The van der Waals surface area contributed by atoms with Gasteiger partial charge < -0.3 is 10.3 Å². The van der Waals surface area contributed by atoms with E-state index in [4.69, 9.17) is 10.3 Å². The van der Waals surface area contributed by atoms with Gasteiger partial charge in [-0.05, 0) is 18.2 Å². The van der Waals surface area contributed by atoms with Crippen molar-refractivity contribution in [2.24, 2.45) is 0 Å². The van der Waals surface area contributed by atoms with Crippen LogP contribution in [0, 0.1) is 0 Å². The van der Waals surface area contributed by atoms with Crippen LogP contribution in [0.25, 0.3) is 11.5 Å². The van der Waals surface area contributed by atoms with E-state index in [9.17, 15) is 21.6 Å². The van der Waals surface area contributed by atoms with Crippen LogP contribution in [0.3, 0.4) is 0 Å². The number of benzene rings is 1. The van der Waals surface area contributed by atoms with Gasteiger partial charge in [0.25, 0.3) is 5.89 Å². The molecule has 0 aliphatic rings. The summed E-state index contributed by atoms with van der Waals surface area (Å²) in [5.41, 5.74) is 4.58. The fraction of sp³-hybridized carbons (Fsp3) is 0.273. The molecule has 1 aromatic heterocycles. The summed E-state index contributed by atoms with van der Waals surface area (Å²) in [7, 11) is -3.38. The molecule has 0 spiro atoms. The minimum atomic E-state index is -4.54. The molecule has 10 heteroatoms. The van der Waals surface area contributed by atoms with Gasteiger partial charge in [0.15, 0.2) is 15.7 Å². The lowest BCUT2D eigenvalue weighted by Crippen LogP contribution is -2.06. The van der Waals surface area contributed by atoms with E-state index in [1.807, 2.05) is 0 Å². The van der Waals surface area contributed by atoms with E-state index in [2.05, 4.69) is 10.1 Å².